The van der Waals surface area contributed by atoms with Crippen molar-refractivity contribution in [1.29, 1.82) is 0 Å². The molecule has 130 valence electrons. The Kier molecular flexibility index (Phi) is 4.25. The predicted molar refractivity (Wildman–Crippen MR) is 107 cm³/mol. The average Bonchev–Trinajstić information content (AvgIpc) is 3.21. The van der Waals surface area contributed by atoms with E-state index in [1.54, 1.807) is 23.5 Å². The maximum absolute atomic E-state index is 13.1. The monoisotopic (exact) mass is 380 g/mol. The highest BCUT2D eigenvalue weighted by atomic mass is 32.2. The van der Waals surface area contributed by atoms with E-state index in [0.29, 0.717) is 11.3 Å². The number of Topliss-reactive ketones (excluding diaryl/α,β-unsaturated/α-hetero) is 1. The van der Waals surface area contributed by atoms with E-state index in [2.05, 4.69) is 31.1 Å². The third kappa shape index (κ3) is 2.70. The van der Waals surface area contributed by atoms with Gasteiger partial charge in [-0.2, -0.15) is 10.1 Å². The number of rotatable bonds is 2. The van der Waals surface area contributed by atoms with E-state index in [-0.39, 0.29) is 17.4 Å². The summed E-state index contributed by atoms with van der Waals surface area (Å²) in [5.74, 6) is -0.454. The number of nitrogens with zero attached hydrogens (tertiary/aromatic N) is 2. The first kappa shape index (κ1) is 17.1. The molecule has 0 atom stereocenters. The zero-order valence-electron chi connectivity index (χ0n) is 14.6. The van der Waals surface area contributed by atoms with Gasteiger partial charge in [0.05, 0.1) is 15.5 Å². The SMILES string of the molecule is CC(=O)C1=NN(c2ccccc2)C(=O)C1=C1Sc2c(C)ccc(C)c2S1. The molecule has 2 aliphatic heterocycles. The summed E-state index contributed by atoms with van der Waals surface area (Å²) >= 11 is 3.12. The fraction of sp³-hybridized carbons (Fsp3) is 0.150. The summed E-state index contributed by atoms with van der Waals surface area (Å²) in [6.07, 6.45) is 0. The van der Waals surface area contributed by atoms with Gasteiger partial charge in [-0.1, -0.05) is 53.9 Å². The van der Waals surface area contributed by atoms with Gasteiger partial charge in [-0.3, -0.25) is 9.59 Å². The molecule has 0 unspecified atom stereocenters. The number of hydrogen-bond acceptors (Lipinski definition) is 5. The van der Waals surface area contributed by atoms with E-state index in [1.165, 1.54) is 23.1 Å². The zero-order chi connectivity index (χ0) is 18.4. The molecule has 0 saturated carbocycles. The predicted octanol–water partition coefficient (Wildman–Crippen LogP) is 4.70. The van der Waals surface area contributed by atoms with E-state index in [0.717, 1.165) is 14.0 Å². The minimum Gasteiger partial charge on any atom is -0.293 e. The quantitative estimate of drug-likeness (QED) is 0.709. The molecule has 4 nitrogen and oxygen atoms in total. The van der Waals surface area contributed by atoms with Crippen LogP contribution in [0.15, 0.2) is 67.2 Å². The highest BCUT2D eigenvalue weighted by molar-refractivity contribution is 8.24. The molecule has 2 aromatic rings. The first-order valence-corrected chi connectivity index (χ1v) is 9.80. The molecule has 0 spiro atoms. The summed E-state index contributed by atoms with van der Waals surface area (Å²) in [6.45, 7) is 5.58. The molecule has 1 amide bonds. The minimum atomic E-state index is -0.250. The third-order valence-electron chi connectivity index (χ3n) is 4.28. The maximum Gasteiger partial charge on any atom is 0.282 e. The summed E-state index contributed by atoms with van der Waals surface area (Å²) in [5, 5.41) is 5.66. The number of hydrogen-bond donors (Lipinski definition) is 0. The van der Waals surface area contributed by atoms with E-state index in [1.807, 2.05) is 30.3 Å². The maximum atomic E-state index is 13.1. The lowest BCUT2D eigenvalue weighted by atomic mass is 10.1. The van der Waals surface area contributed by atoms with Gasteiger partial charge in [-0.25, -0.2) is 0 Å². The summed E-state index contributed by atoms with van der Waals surface area (Å²) in [5.41, 5.74) is 3.64. The highest BCUT2D eigenvalue weighted by Gasteiger charge is 2.38. The number of carbonyl (C=O) groups is 2. The third-order valence-corrected chi connectivity index (χ3v) is 7.15. The van der Waals surface area contributed by atoms with Crippen molar-refractivity contribution in [2.45, 2.75) is 30.6 Å². The van der Waals surface area contributed by atoms with Crippen molar-refractivity contribution in [2.24, 2.45) is 5.10 Å². The molecule has 0 saturated heterocycles. The van der Waals surface area contributed by atoms with Gasteiger partial charge in [0.15, 0.2) is 5.78 Å². The van der Waals surface area contributed by atoms with Crippen molar-refractivity contribution in [2.75, 3.05) is 5.01 Å². The smallest absolute Gasteiger partial charge is 0.282 e. The fourth-order valence-electron chi connectivity index (χ4n) is 2.90. The largest absolute Gasteiger partial charge is 0.293 e. The Morgan fingerprint density at radius 2 is 1.54 bits per heavy atom. The standard InChI is InChI=1S/C20H16N2O2S2/c1-11-9-10-12(2)18-17(11)25-20(26-18)15-16(13(3)23)21-22(19(15)24)14-7-5-4-6-8-14/h4-10H,1-3H3. The number of aryl methyl sites for hydroxylation is 2. The first-order chi connectivity index (χ1) is 12.5. The zero-order valence-corrected chi connectivity index (χ0v) is 16.2. The first-order valence-electron chi connectivity index (χ1n) is 8.17. The lowest BCUT2D eigenvalue weighted by molar-refractivity contribution is -0.115. The molecule has 2 aromatic carbocycles. The van der Waals surface area contributed by atoms with Crippen molar-refractivity contribution in [3.63, 3.8) is 0 Å². The van der Waals surface area contributed by atoms with Gasteiger partial charge in [-0.15, -0.1) is 0 Å². The second-order valence-electron chi connectivity index (χ2n) is 6.18. The summed E-state index contributed by atoms with van der Waals surface area (Å²) < 4.78 is 0.829. The van der Waals surface area contributed by atoms with Crippen LogP contribution in [0.5, 0.6) is 0 Å². The summed E-state index contributed by atoms with van der Waals surface area (Å²) in [7, 11) is 0. The average molecular weight is 380 g/mol. The van der Waals surface area contributed by atoms with Crippen LogP contribution in [0, 0.1) is 13.8 Å². The van der Waals surface area contributed by atoms with Crippen LogP contribution < -0.4 is 5.01 Å². The van der Waals surface area contributed by atoms with Crippen LogP contribution in [0.4, 0.5) is 5.69 Å². The Hall–Kier alpha value is -2.31. The fourth-order valence-corrected chi connectivity index (χ4v) is 5.72. The van der Waals surface area contributed by atoms with Crippen molar-refractivity contribution >= 4 is 46.6 Å². The Morgan fingerprint density at radius 3 is 2.08 bits per heavy atom. The van der Waals surface area contributed by atoms with Crippen LogP contribution in [0.1, 0.15) is 18.1 Å². The molecule has 0 aromatic heterocycles. The number of ketones is 1. The van der Waals surface area contributed by atoms with Gasteiger partial charge < -0.3 is 0 Å². The minimum absolute atomic E-state index is 0.204. The second-order valence-corrected chi connectivity index (χ2v) is 8.48. The second kappa shape index (κ2) is 6.45. The Balaban J connectivity index is 1.82. The molecular weight excluding hydrogens is 364 g/mol. The van der Waals surface area contributed by atoms with Crippen LogP contribution >= 0.6 is 23.5 Å². The Morgan fingerprint density at radius 1 is 0.962 bits per heavy atom. The molecule has 0 aliphatic carbocycles. The van der Waals surface area contributed by atoms with Gasteiger partial charge in [0.25, 0.3) is 5.91 Å². The number of thioether (sulfide) groups is 2. The lowest BCUT2D eigenvalue weighted by Gasteiger charge is -2.11. The van der Waals surface area contributed by atoms with Crippen LogP contribution in [0.3, 0.4) is 0 Å². The number of carbonyl (C=O) groups excluding carboxylic acids is 2. The summed E-state index contributed by atoms with van der Waals surface area (Å²) in [6, 6.07) is 13.4. The molecule has 26 heavy (non-hydrogen) atoms. The molecular formula is C20H16N2O2S2. The molecule has 2 heterocycles. The summed E-state index contributed by atoms with van der Waals surface area (Å²) in [4.78, 5) is 27.6. The molecule has 2 aliphatic rings. The number of para-hydroxylation sites is 1. The van der Waals surface area contributed by atoms with E-state index in [9.17, 15) is 9.59 Å². The number of amides is 1. The van der Waals surface area contributed by atoms with Gasteiger partial charge in [0, 0.05) is 16.7 Å². The number of anilines is 1. The van der Waals surface area contributed by atoms with Crippen LogP contribution in [-0.4, -0.2) is 17.4 Å². The number of fused-ring (bicyclic) bond motifs is 1. The molecule has 0 bridgehead atoms. The van der Waals surface area contributed by atoms with Crippen molar-refractivity contribution < 1.29 is 9.59 Å². The molecule has 0 radical (unpaired) electrons. The molecule has 0 fully saturated rings. The lowest BCUT2D eigenvalue weighted by Crippen LogP contribution is -2.22. The number of benzene rings is 2. The van der Waals surface area contributed by atoms with E-state index in [4.69, 9.17) is 0 Å². The molecule has 0 N–H and O–H groups in total. The topological polar surface area (TPSA) is 49.7 Å². The van der Waals surface area contributed by atoms with Gasteiger partial charge in [0.1, 0.15) is 5.71 Å². The Labute approximate surface area is 160 Å². The van der Waals surface area contributed by atoms with Crippen molar-refractivity contribution in [1.82, 2.24) is 0 Å². The van der Waals surface area contributed by atoms with Crippen LogP contribution in [0.2, 0.25) is 0 Å². The van der Waals surface area contributed by atoms with E-state index < -0.39 is 0 Å². The highest BCUT2D eigenvalue weighted by Crippen LogP contribution is 2.55. The van der Waals surface area contributed by atoms with Crippen molar-refractivity contribution in [3.05, 3.63) is 63.4 Å². The normalized spacial score (nSPS) is 16.2. The Bertz CT molecular complexity index is 977. The van der Waals surface area contributed by atoms with Crippen LogP contribution in [0.25, 0.3) is 0 Å². The van der Waals surface area contributed by atoms with Gasteiger partial charge >= 0.3 is 0 Å². The van der Waals surface area contributed by atoms with Crippen LogP contribution in [-0.2, 0) is 9.59 Å². The van der Waals surface area contributed by atoms with Gasteiger partial charge in [0.2, 0.25) is 0 Å². The van der Waals surface area contributed by atoms with Crippen molar-refractivity contribution in [3.8, 4) is 0 Å². The van der Waals surface area contributed by atoms with E-state index >= 15 is 0 Å². The molecule has 4 rings (SSSR count). The van der Waals surface area contributed by atoms with Gasteiger partial charge in [-0.05, 0) is 37.1 Å². The molecule has 6 heteroatoms. The number of hydrazone groups is 1.